The lowest BCUT2D eigenvalue weighted by atomic mass is 10.2. The first-order valence-corrected chi connectivity index (χ1v) is 8.16. The third-order valence-corrected chi connectivity index (χ3v) is 3.92. The van der Waals surface area contributed by atoms with E-state index < -0.39 is 0 Å². The minimum Gasteiger partial charge on any atom is -0.494 e. The molecule has 0 N–H and O–H groups in total. The van der Waals surface area contributed by atoms with E-state index >= 15 is 0 Å². The van der Waals surface area contributed by atoms with E-state index in [0.29, 0.717) is 23.8 Å². The van der Waals surface area contributed by atoms with Gasteiger partial charge in [0.25, 0.3) is 0 Å². The van der Waals surface area contributed by atoms with Crippen molar-refractivity contribution in [2.75, 3.05) is 12.4 Å². The van der Waals surface area contributed by atoms with Gasteiger partial charge in [-0.2, -0.15) is 0 Å². The third kappa shape index (κ3) is 3.37. The maximum absolute atomic E-state index is 11.8. The fraction of sp³-hybridized carbons (Fsp3) is 0.176. The van der Waals surface area contributed by atoms with Gasteiger partial charge in [0.05, 0.1) is 12.4 Å². The summed E-state index contributed by atoms with van der Waals surface area (Å²) >= 11 is 3.17. The Balaban J connectivity index is 1.90. The Kier molecular flexibility index (Phi) is 4.62. The van der Waals surface area contributed by atoms with Crippen LogP contribution in [0.15, 0.2) is 48.7 Å². The van der Waals surface area contributed by atoms with Crippen LogP contribution in [0, 0.1) is 0 Å². The Morgan fingerprint density at radius 1 is 1.26 bits per heavy atom. The number of aromatic nitrogens is 2. The minimum atomic E-state index is -0.00990. The lowest BCUT2D eigenvalue weighted by molar-refractivity contribution is 0.102. The molecule has 0 saturated heterocycles. The molecule has 0 amide bonds. The largest absolute Gasteiger partial charge is 0.494 e. The van der Waals surface area contributed by atoms with E-state index in [0.717, 1.165) is 11.1 Å². The SMILES string of the molecule is COc1cc(OCc2ccccc2)nn2cc(C(=O)CBr)cc12. The zero-order chi connectivity index (χ0) is 16.2. The number of rotatable bonds is 6. The van der Waals surface area contributed by atoms with Gasteiger partial charge in [0, 0.05) is 17.8 Å². The van der Waals surface area contributed by atoms with E-state index in [-0.39, 0.29) is 11.1 Å². The number of benzene rings is 1. The molecule has 23 heavy (non-hydrogen) atoms. The summed E-state index contributed by atoms with van der Waals surface area (Å²) in [7, 11) is 1.58. The van der Waals surface area contributed by atoms with Gasteiger partial charge in [0.1, 0.15) is 17.9 Å². The maximum Gasteiger partial charge on any atom is 0.235 e. The van der Waals surface area contributed by atoms with Gasteiger partial charge >= 0.3 is 0 Å². The van der Waals surface area contributed by atoms with Crippen LogP contribution in [-0.2, 0) is 6.61 Å². The molecule has 0 atom stereocenters. The number of ether oxygens (including phenoxy) is 2. The standard InChI is InChI=1S/C17H15BrN2O3/c1-22-16-8-17(23-11-12-5-3-2-4-6-12)19-20-10-13(7-14(16)20)15(21)9-18/h2-8,10H,9,11H2,1H3. The topological polar surface area (TPSA) is 52.8 Å². The van der Waals surface area contributed by atoms with E-state index in [1.807, 2.05) is 30.3 Å². The fourth-order valence-corrected chi connectivity index (χ4v) is 2.56. The number of hydrogen-bond acceptors (Lipinski definition) is 4. The van der Waals surface area contributed by atoms with Crippen LogP contribution < -0.4 is 9.47 Å². The Morgan fingerprint density at radius 3 is 2.74 bits per heavy atom. The molecular weight excluding hydrogens is 360 g/mol. The average Bonchev–Trinajstić information content (AvgIpc) is 3.03. The average molecular weight is 375 g/mol. The van der Waals surface area contributed by atoms with E-state index in [9.17, 15) is 4.79 Å². The van der Waals surface area contributed by atoms with Gasteiger partial charge in [0.15, 0.2) is 5.78 Å². The van der Waals surface area contributed by atoms with Crippen molar-refractivity contribution >= 4 is 27.2 Å². The molecule has 0 aliphatic carbocycles. The van der Waals surface area contributed by atoms with Crippen LogP contribution >= 0.6 is 15.9 Å². The second-order valence-electron chi connectivity index (χ2n) is 4.94. The number of carbonyl (C=O) groups is 1. The number of halogens is 1. The van der Waals surface area contributed by atoms with Gasteiger partial charge in [-0.25, -0.2) is 4.52 Å². The highest BCUT2D eigenvalue weighted by atomic mass is 79.9. The van der Waals surface area contributed by atoms with Crippen LogP contribution in [0.2, 0.25) is 0 Å². The van der Waals surface area contributed by atoms with Gasteiger partial charge in [-0.05, 0) is 11.6 Å². The predicted octanol–water partition coefficient (Wildman–Crippen LogP) is 3.50. The van der Waals surface area contributed by atoms with Crippen LogP contribution in [0.25, 0.3) is 5.52 Å². The highest BCUT2D eigenvalue weighted by Gasteiger charge is 2.13. The molecule has 0 spiro atoms. The van der Waals surface area contributed by atoms with Crippen molar-refractivity contribution in [3.05, 3.63) is 59.8 Å². The van der Waals surface area contributed by atoms with Crippen molar-refractivity contribution in [1.29, 1.82) is 0 Å². The number of ketones is 1. The van der Waals surface area contributed by atoms with Gasteiger partial charge in [-0.15, -0.1) is 5.10 Å². The van der Waals surface area contributed by atoms with Crippen molar-refractivity contribution in [2.45, 2.75) is 6.61 Å². The van der Waals surface area contributed by atoms with Crippen LogP contribution in [-0.4, -0.2) is 27.8 Å². The number of methoxy groups -OCH3 is 1. The molecule has 0 saturated carbocycles. The van der Waals surface area contributed by atoms with E-state index in [2.05, 4.69) is 21.0 Å². The lowest BCUT2D eigenvalue weighted by Crippen LogP contribution is -2.01. The molecule has 0 aliphatic heterocycles. The van der Waals surface area contributed by atoms with Crippen molar-refractivity contribution in [3.63, 3.8) is 0 Å². The van der Waals surface area contributed by atoms with Crippen LogP contribution in [0.4, 0.5) is 0 Å². The van der Waals surface area contributed by atoms with Crippen molar-refractivity contribution in [2.24, 2.45) is 0 Å². The summed E-state index contributed by atoms with van der Waals surface area (Å²) in [5, 5.41) is 4.65. The molecule has 2 heterocycles. The van der Waals surface area contributed by atoms with Crippen molar-refractivity contribution < 1.29 is 14.3 Å². The summed E-state index contributed by atoms with van der Waals surface area (Å²) in [6.07, 6.45) is 1.68. The molecule has 0 bridgehead atoms. The Labute approximate surface area is 142 Å². The first-order chi connectivity index (χ1) is 11.2. The molecular formula is C17H15BrN2O3. The van der Waals surface area contributed by atoms with E-state index in [1.54, 1.807) is 30.0 Å². The second-order valence-corrected chi connectivity index (χ2v) is 5.50. The summed E-state index contributed by atoms with van der Waals surface area (Å²) in [6, 6.07) is 13.3. The summed E-state index contributed by atoms with van der Waals surface area (Å²) in [5.74, 6) is 1.03. The van der Waals surface area contributed by atoms with Crippen molar-refractivity contribution in [3.8, 4) is 11.6 Å². The molecule has 0 fully saturated rings. The van der Waals surface area contributed by atoms with Gasteiger partial charge in [-0.3, -0.25) is 4.79 Å². The summed E-state index contributed by atoms with van der Waals surface area (Å²) in [4.78, 5) is 11.8. The monoisotopic (exact) mass is 374 g/mol. The number of carbonyl (C=O) groups excluding carboxylic acids is 1. The van der Waals surface area contributed by atoms with Crippen LogP contribution in [0.3, 0.4) is 0 Å². The quantitative estimate of drug-likeness (QED) is 0.489. The molecule has 5 nitrogen and oxygen atoms in total. The molecule has 1 aromatic carbocycles. The third-order valence-electron chi connectivity index (χ3n) is 3.41. The molecule has 0 unspecified atom stereocenters. The molecule has 118 valence electrons. The first kappa shape index (κ1) is 15.6. The second kappa shape index (κ2) is 6.83. The number of Topliss-reactive ketones (excluding diaryl/α,β-unsaturated/α-hetero) is 1. The smallest absolute Gasteiger partial charge is 0.235 e. The van der Waals surface area contributed by atoms with Crippen LogP contribution in [0.5, 0.6) is 11.6 Å². The molecule has 2 aromatic heterocycles. The van der Waals surface area contributed by atoms with E-state index in [1.165, 1.54) is 0 Å². The van der Waals surface area contributed by atoms with E-state index in [4.69, 9.17) is 9.47 Å². The summed E-state index contributed by atoms with van der Waals surface area (Å²) in [6.45, 7) is 0.414. The fourth-order valence-electron chi connectivity index (χ4n) is 2.24. The molecule has 0 radical (unpaired) electrons. The van der Waals surface area contributed by atoms with Gasteiger partial charge in [-0.1, -0.05) is 46.3 Å². The summed E-state index contributed by atoms with van der Waals surface area (Å²) in [5.41, 5.74) is 2.35. The lowest BCUT2D eigenvalue weighted by Gasteiger charge is -2.08. The number of nitrogens with zero attached hydrogens (tertiary/aromatic N) is 2. The Morgan fingerprint density at radius 2 is 2.04 bits per heavy atom. The molecule has 3 rings (SSSR count). The minimum absolute atomic E-state index is 0.00990. The number of hydrogen-bond donors (Lipinski definition) is 0. The van der Waals surface area contributed by atoms with Crippen molar-refractivity contribution in [1.82, 2.24) is 9.61 Å². The number of fused-ring (bicyclic) bond motifs is 1. The molecule has 3 aromatic rings. The number of alkyl halides is 1. The van der Waals surface area contributed by atoms with Gasteiger partial charge < -0.3 is 9.47 Å². The first-order valence-electron chi connectivity index (χ1n) is 7.04. The Hall–Kier alpha value is -2.34. The summed E-state index contributed by atoms with van der Waals surface area (Å²) < 4.78 is 12.7. The van der Waals surface area contributed by atoms with Gasteiger partial charge in [0.2, 0.25) is 5.88 Å². The predicted molar refractivity (Wildman–Crippen MR) is 90.6 cm³/mol. The molecule has 0 aliphatic rings. The maximum atomic E-state index is 11.8. The Bertz CT molecular complexity index is 830. The van der Waals surface area contributed by atoms with Crippen LogP contribution in [0.1, 0.15) is 15.9 Å². The normalized spacial score (nSPS) is 10.7. The molecule has 6 heteroatoms. The highest BCUT2D eigenvalue weighted by molar-refractivity contribution is 9.09. The highest BCUT2D eigenvalue weighted by Crippen LogP contribution is 2.26. The zero-order valence-corrected chi connectivity index (χ0v) is 14.1. The zero-order valence-electron chi connectivity index (χ0n) is 12.5.